The van der Waals surface area contributed by atoms with Gasteiger partial charge in [-0.25, -0.2) is 9.97 Å². The molecule has 0 bridgehead atoms. The average molecular weight is 303 g/mol. The summed E-state index contributed by atoms with van der Waals surface area (Å²) in [6.07, 6.45) is 4.49. The molecule has 1 aliphatic rings. The molecule has 5 heteroatoms. The van der Waals surface area contributed by atoms with E-state index >= 15 is 0 Å². The van der Waals surface area contributed by atoms with E-state index in [2.05, 4.69) is 50.1 Å². The van der Waals surface area contributed by atoms with Gasteiger partial charge in [0.2, 0.25) is 5.95 Å². The molecule has 1 aliphatic heterocycles. The zero-order valence-electron chi connectivity index (χ0n) is 12.1. The Morgan fingerprint density at radius 1 is 1.24 bits per heavy atom. The second-order valence-electron chi connectivity index (χ2n) is 5.52. The number of halogens is 1. The number of hydrogen-bond donors (Lipinski definition) is 0. The molecule has 0 N–H and O–H groups in total. The minimum absolute atomic E-state index is 0.572. The van der Waals surface area contributed by atoms with Crippen LogP contribution in [0.4, 0.5) is 11.6 Å². The smallest absolute Gasteiger partial charge is 0.225 e. The Morgan fingerprint density at radius 3 is 2.67 bits per heavy atom. The average Bonchev–Trinajstić information content (AvgIpc) is 2.97. The Balaban J connectivity index is 1.58. The molecular weight excluding hydrogens is 284 g/mol. The number of aromatic nitrogens is 2. The summed E-state index contributed by atoms with van der Waals surface area (Å²) in [6, 6.07) is 10.6. The van der Waals surface area contributed by atoms with Crippen molar-refractivity contribution in [2.24, 2.45) is 5.92 Å². The van der Waals surface area contributed by atoms with E-state index in [-0.39, 0.29) is 0 Å². The minimum atomic E-state index is 0.572. The zero-order valence-corrected chi connectivity index (χ0v) is 12.9. The van der Waals surface area contributed by atoms with Gasteiger partial charge in [-0.15, -0.1) is 0 Å². The molecule has 1 fully saturated rings. The van der Waals surface area contributed by atoms with Gasteiger partial charge in [0, 0.05) is 32.4 Å². The van der Waals surface area contributed by atoms with Crippen LogP contribution in [-0.4, -0.2) is 36.6 Å². The van der Waals surface area contributed by atoms with Crippen LogP contribution in [-0.2, 0) is 0 Å². The monoisotopic (exact) mass is 302 g/mol. The Labute approximate surface area is 130 Å². The van der Waals surface area contributed by atoms with Crippen LogP contribution in [0, 0.1) is 5.92 Å². The van der Waals surface area contributed by atoms with Gasteiger partial charge in [0.25, 0.3) is 0 Å². The number of benzene rings is 1. The van der Waals surface area contributed by atoms with Gasteiger partial charge in [0.1, 0.15) is 0 Å². The molecule has 0 aliphatic carbocycles. The van der Waals surface area contributed by atoms with Gasteiger partial charge >= 0.3 is 0 Å². The summed E-state index contributed by atoms with van der Waals surface area (Å²) in [5.74, 6) is 1.37. The van der Waals surface area contributed by atoms with Crippen molar-refractivity contribution in [2.45, 2.75) is 6.42 Å². The van der Waals surface area contributed by atoms with E-state index in [4.69, 9.17) is 11.6 Å². The Morgan fingerprint density at radius 2 is 1.95 bits per heavy atom. The maximum absolute atomic E-state index is 5.82. The summed E-state index contributed by atoms with van der Waals surface area (Å²) in [4.78, 5) is 13.1. The molecule has 3 rings (SSSR count). The van der Waals surface area contributed by atoms with Crippen molar-refractivity contribution in [3.8, 4) is 0 Å². The van der Waals surface area contributed by atoms with Crippen LogP contribution in [0.2, 0.25) is 5.02 Å². The first kappa shape index (κ1) is 14.1. The van der Waals surface area contributed by atoms with Gasteiger partial charge in [-0.05, 0) is 24.5 Å². The van der Waals surface area contributed by atoms with Crippen LogP contribution in [0.5, 0.6) is 0 Å². The highest BCUT2D eigenvalue weighted by Gasteiger charge is 2.24. The molecule has 1 saturated heterocycles. The van der Waals surface area contributed by atoms with Gasteiger partial charge in [-0.2, -0.15) is 0 Å². The lowest BCUT2D eigenvalue weighted by atomic mass is 10.1. The highest BCUT2D eigenvalue weighted by molar-refractivity contribution is 6.30. The third kappa shape index (κ3) is 3.45. The molecule has 1 unspecified atom stereocenters. The first-order valence-electron chi connectivity index (χ1n) is 7.21. The van der Waals surface area contributed by atoms with Crippen LogP contribution in [0.15, 0.2) is 42.7 Å². The number of rotatable bonds is 4. The molecule has 2 aromatic rings. The standard InChI is InChI=1S/C16H19ClN4/c1-20(16-18-9-14(17)10-19-16)11-13-7-8-21(12-13)15-5-3-2-4-6-15/h2-6,9-10,13H,7-8,11-12H2,1H3. The van der Waals surface area contributed by atoms with Crippen LogP contribution in [0.1, 0.15) is 6.42 Å². The minimum Gasteiger partial charge on any atom is -0.371 e. The third-order valence-corrected chi connectivity index (χ3v) is 4.08. The fourth-order valence-corrected chi connectivity index (χ4v) is 2.92. The Hall–Kier alpha value is -1.81. The summed E-state index contributed by atoms with van der Waals surface area (Å²) in [6.45, 7) is 3.16. The molecule has 21 heavy (non-hydrogen) atoms. The quantitative estimate of drug-likeness (QED) is 0.869. The molecule has 1 aromatic carbocycles. The van der Waals surface area contributed by atoms with Crippen molar-refractivity contribution in [1.29, 1.82) is 0 Å². The van der Waals surface area contributed by atoms with E-state index < -0.39 is 0 Å². The van der Waals surface area contributed by atoms with Crippen molar-refractivity contribution >= 4 is 23.2 Å². The molecule has 4 nitrogen and oxygen atoms in total. The Kier molecular flexibility index (Phi) is 4.25. The molecule has 1 atom stereocenters. The highest BCUT2D eigenvalue weighted by atomic mass is 35.5. The van der Waals surface area contributed by atoms with Crippen LogP contribution in [0.3, 0.4) is 0 Å². The van der Waals surface area contributed by atoms with Crippen molar-refractivity contribution in [3.05, 3.63) is 47.7 Å². The fourth-order valence-electron chi connectivity index (χ4n) is 2.83. The first-order chi connectivity index (χ1) is 10.2. The molecule has 110 valence electrons. The number of anilines is 2. The highest BCUT2D eigenvalue weighted by Crippen LogP contribution is 2.24. The van der Waals surface area contributed by atoms with Crippen molar-refractivity contribution in [3.63, 3.8) is 0 Å². The Bertz CT molecular complexity index is 573. The van der Waals surface area contributed by atoms with Crippen LogP contribution in [0.25, 0.3) is 0 Å². The first-order valence-corrected chi connectivity index (χ1v) is 7.59. The van der Waals surface area contributed by atoms with E-state index in [0.29, 0.717) is 10.9 Å². The second-order valence-corrected chi connectivity index (χ2v) is 5.95. The van der Waals surface area contributed by atoms with E-state index in [9.17, 15) is 0 Å². The largest absolute Gasteiger partial charge is 0.371 e. The van der Waals surface area contributed by atoms with Crippen LogP contribution < -0.4 is 9.80 Å². The summed E-state index contributed by atoms with van der Waals surface area (Å²) < 4.78 is 0. The van der Waals surface area contributed by atoms with E-state index in [1.807, 2.05) is 7.05 Å². The third-order valence-electron chi connectivity index (χ3n) is 3.89. The zero-order chi connectivity index (χ0) is 14.7. The van der Waals surface area contributed by atoms with Gasteiger partial charge in [-0.3, -0.25) is 0 Å². The van der Waals surface area contributed by atoms with Crippen molar-refractivity contribution < 1.29 is 0 Å². The topological polar surface area (TPSA) is 32.3 Å². The summed E-state index contributed by atoms with van der Waals surface area (Å²) >= 11 is 5.82. The lowest BCUT2D eigenvalue weighted by molar-refractivity contribution is 0.578. The van der Waals surface area contributed by atoms with E-state index in [1.54, 1.807) is 12.4 Å². The van der Waals surface area contributed by atoms with Gasteiger partial charge < -0.3 is 9.80 Å². The second kappa shape index (κ2) is 6.31. The number of hydrogen-bond acceptors (Lipinski definition) is 4. The lowest BCUT2D eigenvalue weighted by Crippen LogP contribution is -2.29. The van der Waals surface area contributed by atoms with Crippen molar-refractivity contribution in [2.75, 3.05) is 36.5 Å². The summed E-state index contributed by atoms with van der Waals surface area (Å²) in [5, 5.41) is 0.572. The number of nitrogens with zero attached hydrogens (tertiary/aromatic N) is 4. The van der Waals surface area contributed by atoms with Crippen LogP contribution >= 0.6 is 11.6 Å². The fraction of sp³-hybridized carbons (Fsp3) is 0.375. The van der Waals surface area contributed by atoms with Crippen molar-refractivity contribution in [1.82, 2.24) is 9.97 Å². The molecule has 0 radical (unpaired) electrons. The normalized spacial score (nSPS) is 18.0. The molecular formula is C16H19ClN4. The molecule has 1 aromatic heterocycles. The predicted octanol–water partition coefficient (Wildman–Crippen LogP) is 3.09. The SMILES string of the molecule is CN(CC1CCN(c2ccccc2)C1)c1ncc(Cl)cn1. The molecule has 0 amide bonds. The predicted molar refractivity (Wildman–Crippen MR) is 87.1 cm³/mol. The van der Waals surface area contributed by atoms with Gasteiger partial charge in [-0.1, -0.05) is 29.8 Å². The number of para-hydroxylation sites is 1. The summed E-state index contributed by atoms with van der Waals surface area (Å²) in [5.41, 5.74) is 1.31. The molecule has 0 saturated carbocycles. The maximum atomic E-state index is 5.82. The van der Waals surface area contributed by atoms with E-state index in [0.717, 1.165) is 25.6 Å². The molecule has 0 spiro atoms. The maximum Gasteiger partial charge on any atom is 0.225 e. The molecule has 2 heterocycles. The van der Waals surface area contributed by atoms with Gasteiger partial charge in [0.05, 0.1) is 17.4 Å². The van der Waals surface area contributed by atoms with Gasteiger partial charge in [0.15, 0.2) is 0 Å². The lowest BCUT2D eigenvalue weighted by Gasteiger charge is -2.22. The van der Waals surface area contributed by atoms with E-state index in [1.165, 1.54) is 12.1 Å². The summed E-state index contributed by atoms with van der Waals surface area (Å²) in [7, 11) is 2.04.